The molecule has 0 radical (unpaired) electrons. The number of amides is 1. The van der Waals surface area contributed by atoms with Crippen molar-refractivity contribution >= 4 is 22.9 Å². The lowest BCUT2D eigenvalue weighted by molar-refractivity contribution is -0.0307. The lowest BCUT2D eigenvalue weighted by atomic mass is 9.90. The number of aromatic nitrogens is 3. The Labute approximate surface area is 208 Å². The molecule has 0 saturated carbocycles. The second kappa shape index (κ2) is 9.99. The lowest BCUT2D eigenvalue weighted by Gasteiger charge is -2.38. The number of fused-ring (bicyclic) bond motifs is 1. The number of rotatable bonds is 6. The maximum atomic E-state index is 14.3. The molecule has 10 heteroatoms. The van der Waals surface area contributed by atoms with Crippen molar-refractivity contribution in [3.8, 4) is 5.69 Å². The second-order valence-corrected chi connectivity index (χ2v) is 9.76. The van der Waals surface area contributed by atoms with Crippen molar-refractivity contribution in [3.05, 3.63) is 47.4 Å². The van der Waals surface area contributed by atoms with Crippen LogP contribution in [0.1, 0.15) is 45.2 Å². The van der Waals surface area contributed by atoms with Crippen LogP contribution in [-0.4, -0.2) is 57.3 Å². The molecule has 2 aromatic heterocycles. The molecule has 7 nitrogen and oxygen atoms in total. The second-order valence-electron chi connectivity index (χ2n) is 9.76. The first kappa shape index (κ1) is 25.8. The van der Waals surface area contributed by atoms with Crippen LogP contribution in [0.2, 0.25) is 0 Å². The van der Waals surface area contributed by atoms with Gasteiger partial charge in [-0.1, -0.05) is 20.8 Å². The first-order valence-corrected chi connectivity index (χ1v) is 12.2. The van der Waals surface area contributed by atoms with Gasteiger partial charge in [0, 0.05) is 32.4 Å². The molecule has 3 heterocycles. The van der Waals surface area contributed by atoms with Crippen LogP contribution in [0.4, 0.5) is 23.8 Å². The van der Waals surface area contributed by atoms with E-state index in [2.05, 4.69) is 14.9 Å². The van der Waals surface area contributed by atoms with Crippen molar-refractivity contribution in [1.29, 1.82) is 0 Å². The number of benzene rings is 1. The zero-order valence-electron chi connectivity index (χ0n) is 21.3. The summed E-state index contributed by atoms with van der Waals surface area (Å²) in [5.74, 6) is -1.00. The van der Waals surface area contributed by atoms with Crippen molar-refractivity contribution in [2.45, 2.75) is 53.3 Å². The number of hydrogen-bond donors (Lipinski definition) is 0. The molecule has 4 rings (SSSR count). The maximum Gasteiger partial charge on any atom is 0.410 e. The Morgan fingerprint density at radius 1 is 1.14 bits per heavy atom. The van der Waals surface area contributed by atoms with E-state index in [-0.39, 0.29) is 17.7 Å². The standard InChI is InChI=1S/C26H32F3N5O2/c1-6-26(5,16(2)3)36-25(35)33-9-7-32(8-10-33)23-22-17(4)14-34(24(22)31-15-30-23)18-11-20(28)19(13-27)21(29)12-18/h11-12,14-16H,6-10,13H2,1-5H3. The van der Waals surface area contributed by atoms with Crippen LogP contribution in [0, 0.1) is 24.5 Å². The highest BCUT2D eigenvalue weighted by Gasteiger charge is 2.34. The highest BCUT2D eigenvalue weighted by Crippen LogP contribution is 2.32. The molecule has 0 spiro atoms. The third-order valence-corrected chi connectivity index (χ3v) is 7.37. The number of nitrogens with zero attached hydrogens (tertiary/aromatic N) is 5. The van der Waals surface area contributed by atoms with Crippen LogP contribution in [0.25, 0.3) is 16.7 Å². The lowest BCUT2D eigenvalue weighted by Crippen LogP contribution is -2.51. The fourth-order valence-corrected chi connectivity index (χ4v) is 4.48. The van der Waals surface area contributed by atoms with Gasteiger partial charge < -0.3 is 19.1 Å². The van der Waals surface area contributed by atoms with Gasteiger partial charge in [-0.25, -0.2) is 27.9 Å². The average molecular weight is 504 g/mol. The normalized spacial score (nSPS) is 16.0. The Bertz CT molecular complexity index is 1250. The minimum absolute atomic E-state index is 0.198. The molecule has 36 heavy (non-hydrogen) atoms. The van der Waals surface area contributed by atoms with Crippen LogP contribution in [0.5, 0.6) is 0 Å². The van der Waals surface area contributed by atoms with Crippen molar-refractivity contribution < 1.29 is 22.7 Å². The molecular formula is C26H32F3N5O2. The Kier molecular flexibility index (Phi) is 7.15. The summed E-state index contributed by atoms with van der Waals surface area (Å²) >= 11 is 0. The van der Waals surface area contributed by atoms with Gasteiger partial charge in [0.2, 0.25) is 0 Å². The van der Waals surface area contributed by atoms with Gasteiger partial charge >= 0.3 is 6.09 Å². The van der Waals surface area contributed by atoms with Gasteiger partial charge in [0.25, 0.3) is 0 Å². The van der Waals surface area contributed by atoms with E-state index in [1.165, 1.54) is 6.33 Å². The number of anilines is 1. The minimum Gasteiger partial charge on any atom is -0.443 e. The molecule has 1 aliphatic rings. The van der Waals surface area contributed by atoms with E-state index >= 15 is 0 Å². The van der Waals surface area contributed by atoms with Gasteiger partial charge in [-0.15, -0.1) is 0 Å². The molecule has 1 aliphatic heterocycles. The van der Waals surface area contributed by atoms with E-state index in [0.29, 0.717) is 37.6 Å². The summed E-state index contributed by atoms with van der Waals surface area (Å²) in [5, 5.41) is 0.752. The number of piperazine rings is 1. The van der Waals surface area contributed by atoms with E-state index in [1.807, 2.05) is 34.6 Å². The predicted octanol–water partition coefficient (Wildman–Crippen LogP) is 5.56. The fourth-order valence-electron chi connectivity index (χ4n) is 4.48. The number of hydrogen-bond acceptors (Lipinski definition) is 5. The van der Waals surface area contributed by atoms with Gasteiger partial charge in [0.15, 0.2) is 0 Å². The minimum atomic E-state index is -1.22. The summed E-state index contributed by atoms with van der Waals surface area (Å²) in [4.78, 5) is 25.5. The topological polar surface area (TPSA) is 63.5 Å². The Balaban J connectivity index is 1.57. The van der Waals surface area contributed by atoms with Gasteiger partial charge in [0.1, 0.15) is 41.7 Å². The first-order valence-electron chi connectivity index (χ1n) is 12.2. The van der Waals surface area contributed by atoms with Crippen LogP contribution >= 0.6 is 0 Å². The predicted molar refractivity (Wildman–Crippen MR) is 132 cm³/mol. The largest absolute Gasteiger partial charge is 0.443 e. The van der Waals surface area contributed by atoms with E-state index in [9.17, 15) is 18.0 Å². The van der Waals surface area contributed by atoms with Crippen molar-refractivity contribution in [3.63, 3.8) is 0 Å². The van der Waals surface area contributed by atoms with Crippen molar-refractivity contribution in [2.24, 2.45) is 5.92 Å². The smallest absolute Gasteiger partial charge is 0.410 e. The third kappa shape index (κ3) is 4.60. The van der Waals surface area contributed by atoms with E-state index < -0.39 is 29.5 Å². The summed E-state index contributed by atoms with van der Waals surface area (Å²) in [5.41, 5.74) is 0.414. The molecule has 1 unspecified atom stereocenters. The number of carbonyl (C=O) groups is 1. The molecule has 194 valence electrons. The summed E-state index contributed by atoms with van der Waals surface area (Å²) in [7, 11) is 0. The zero-order chi connectivity index (χ0) is 26.2. The fraction of sp³-hybridized carbons (Fsp3) is 0.500. The average Bonchev–Trinajstić information content (AvgIpc) is 3.20. The van der Waals surface area contributed by atoms with Crippen molar-refractivity contribution in [2.75, 3.05) is 31.1 Å². The van der Waals surface area contributed by atoms with E-state index in [1.54, 1.807) is 15.7 Å². The van der Waals surface area contributed by atoms with Gasteiger partial charge in [-0.05, 0) is 43.9 Å². The van der Waals surface area contributed by atoms with Gasteiger partial charge in [-0.3, -0.25) is 0 Å². The molecule has 1 fully saturated rings. The molecule has 0 bridgehead atoms. The first-order chi connectivity index (χ1) is 17.1. The molecule has 1 amide bonds. The van der Waals surface area contributed by atoms with E-state index in [0.717, 1.165) is 29.5 Å². The molecule has 0 N–H and O–H groups in total. The van der Waals surface area contributed by atoms with E-state index in [4.69, 9.17) is 4.74 Å². The molecule has 1 aromatic carbocycles. The SMILES string of the molecule is CCC(C)(OC(=O)N1CCN(c2ncnc3c2c(C)cn3-c2cc(F)c(CF)c(F)c2)CC1)C(C)C. The number of alkyl halides is 1. The molecular weight excluding hydrogens is 471 g/mol. The Morgan fingerprint density at radius 2 is 1.78 bits per heavy atom. The third-order valence-electron chi connectivity index (χ3n) is 7.37. The Morgan fingerprint density at radius 3 is 2.33 bits per heavy atom. The molecule has 3 aromatic rings. The van der Waals surface area contributed by atoms with Crippen LogP contribution < -0.4 is 4.90 Å². The number of halogens is 3. The van der Waals surface area contributed by atoms with Gasteiger partial charge in [-0.2, -0.15) is 0 Å². The van der Waals surface area contributed by atoms with Gasteiger partial charge in [0.05, 0.1) is 16.6 Å². The van der Waals surface area contributed by atoms with Crippen LogP contribution in [0.3, 0.4) is 0 Å². The zero-order valence-corrected chi connectivity index (χ0v) is 21.3. The number of aryl methyl sites for hydroxylation is 1. The summed E-state index contributed by atoms with van der Waals surface area (Å²) < 4.78 is 48.9. The Hall–Kier alpha value is -3.30. The summed E-state index contributed by atoms with van der Waals surface area (Å²) in [6.45, 7) is 10.8. The molecule has 1 atom stereocenters. The summed E-state index contributed by atoms with van der Waals surface area (Å²) in [6.07, 6.45) is 3.56. The number of carbonyl (C=O) groups excluding carboxylic acids is 1. The van der Waals surface area contributed by atoms with Crippen LogP contribution in [-0.2, 0) is 11.4 Å². The highest BCUT2D eigenvalue weighted by atomic mass is 19.1. The van der Waals surface area contributed by atoms with Crippen molar-refractivity contribution in [1.82, 2.24) is 19.4 Å². The number of ether oxygens (including phenoxy) is 1. The highest BCUT2D eigenvalue weighted by molar-refractivity contribution is 5.92. The van der Waals surface area contributed by atoms with Crippen LogP contribution in [0.15, 0.2) is 24.7 Å². The molecule has 0 aliphatic carbocycles. The molecule has 1 saturated heterocycles. The summed E-state index contributed by atoms with van der Waals surface area (Å²) in [6, 6.07) is 2.20. The monoisotopic (exact) mass is 503 g/mol. The quantitative estimate of drug-likeness (QED) is 0.441. The maximum absolute atomic E-state index is 14.3.